The van der Waals surface area contributed by atoms with Crippen LogP contribution in [0.1, 0.15) is 34.5 Å². The SMILES string of the molecule is CSc1ccc([C@@H](C)NC(=O)c2ccccc2C)cc1. The van der Waals surface area contributed by atoms with E-state index in [0.29, 0.717) is 0 Å². The maximum Gasteiger partial charge on any atom is 0.252 e. The van der Waals surface area contributed by atoms with Crippen LogP contribution in [0.5, 0.6) is 0 Å². The molecule has 1 amide bonds. The summed E-state index contributed by atoms with van der Waals surface area (Å²) in [4.78, 5) is 13.5. The van der Waals surface area contributed by atoms with Gasteiger partial charge in [-0.05, 0) is 49.4 Å². The largest absolute Gasteiger partial charge is 0.346 e. The molecule has 1 atom stereocenters. The summed E-state index contributed by atoms with van der Waals surface area (Å²) in [5.74, 6) is -0.0236. The van der Waals surface area contributed by atoms with Gasteiger partial charge in [-0.25, -0.2) is 0 Å². The first-order valence-corrected chi connectivity index (χ1v) is 7.84. The number of nitrogens with one attached hydrogen (secondary N) is 1. The third-order valence-corrected chi connectivity index (χ3v) is 4.10. The number of amides is 1. The lowest BCUT2D eigenvalue weighted by molar-refractivity contribution is 0.0939. The van der Waals surface area contributed by atoms with E-state index in [9.17, 15) is 4.79 Å². The highest BCUT2D eigenvalue weighted by Gasteiger charge is 2.12. The molecule has 0 saturated carbocycles. The van der Waals surface area contributed by atoms with Crippen LogP contribution in [0.2, 0.25) is 0 Å². The van der Waals surface area contributed by atoms with Crippen LogP contribution in [0, 0.1) is 6.92 Å². The molecule has 0 heterocycles. The van der Waals surface area contributed by atoms with E-state index in [0.717, 1.165) is 16.7 Å². The molecule has 0 radical (unpaired) electrons. The van der Waals surface area contributed by atoms with Crippen molar-refractivity contribution in [1.82, 2.24) is 5.32 Å². The Hall–Kier alpha value is -1.74. The molecule has 0 aliphatic rings. The second-order valence-corrected chi connectivity index (χ2v) is 5.66. The highest BCUT2D eigenvalue weighted by molar-refractivity contribution is 7.98. The van der Waals surface area contributed by atoms with Gasteiger partial charge in [0, 0.05) is 10.5 Å². The molecule has 1 N–H and O–H groups in total. The molecule has 0 unspecified atom stereocenters. The van der Waals surface area contributed by atoms with Gasteiger partial charge in [0.25, 0.3) is 5.91 Å². The van der Waals surface area contributed by atoms with Crippen molar-refractivity contribution in [2.24, 2.45) is 0 Å². The van der Waals surface area contributed by atoms with E-state index in [2.05, 4.69) is 35.8 Å². The average molecular weight is 285 g/mol. The van der Waals surface area contributed by atoms with E-state index in [1.54, 1.807) is 11.8 Å². The molecule has 20 heavy (non-hydrogen) atoms. The summed E-state index contributed by atoms with van der Waals surface area (Å²) in [6.07, 6.45) is 2.05. The van der Waals surface area contributed by atoms with Crippen molar-refractivity contribution in [3.63, 3.8) is 0 Å². The second kappa shape index (κ2) is 6.62. The predicted molar refractivity (Wildman–Crippen MR) is 85.3 cm³/mol. The van der Waals surface area contributed by atoms with E-state index < -0.39 is 0 Å². The van der Waals surface area contributed by atoms with Crippen LogP contribution in [-0.4, -0.2) is 12.2 Å². The number of benzene rings is 2. The Kier molecular flexibility index (Phi) is 4.85. The van der Waals surface area contributed by atoms with Crippen molar-refractivity contribution in [3.8, 4) is 0 Å². The first kappa shape index (κ1) is 14.7. The quantitative estimate of drug-likeness (QED) is 0.853. The van der Waals surface area contributed by atoms with Gasteiger partial charge in [-0.15, -0.1) is 11.8 Å². The molecule has 2 aromatic rings. The zero-order valence-corrected chi connectivity index (χ0v) is 12.8. The molecule has 3 heteroatoms. The predicted octanol–water partition coefficient (Wildman–Crippen LogP) is 4.21. The maximum atomic E-state index is 12.3. The van der Waals surface area contributed by atoms with Gasteiger partial charge in [0.15, 0.2) is 0 Å². The summed E-state index contributed by atoms with van der Waals surface area (Å²) < 4.78 is 0. The zero-order valence-electron chi connectivity index (χ0n) is 12.0. The monoisotopic (exact) mass is 285 g/mol. The van der Waals surface area contributed by atoms with Gasteiger partial charge in [0.05, 0.1) is 6.04 Å². The second-order valence-electron chi connectivity index (χ2n) is 4.78. The van der Waals surface area contributed by atoms with Gasteiger partial charge in [-0.3, -0.25) is 4.79 Å². The molecular formula is C17H19NOS. The molecule has 0 bridgehead atoms. The number of hydrogen-bond acceptors (Lipinski definition) is 2. The molecule has 104 valence electrons. The highest BCUT2D eigenvalue weighted by Crippen LogP contribution is 2.19. The summed E-state index contributed by atoms with van der Waals surface area (Å²) in [5, 5.41) is 3.05. The van der Waals surface area contributed by atoms with Crippen molar-refractivity contribution in [1.29, 1.82) is 0 Å². The Labute approximate surface area is 124 Å². The van der Waals surface area contributed by atoms with Crippen molar-refractivity contribution in [3.05, 3.63) is 65.2 Å². The number of aryl methyl sites for hydroxylation is 1. The summed E-state index contributed by atoms with van der Waals surface area (Å²) >= 11 is 1.71. The molecule has 2 nitrogen and oxygen atoms in total. The zero-order chi connectivity index (χ0) is 14.5. The Morgan fingerprint density at radius 2 is 1.75 bits per heavy atom. The molecule has 0 aliphatic heterocycles. The number of rotatable bonds is 4. The Morgan fingerprint density at radius 3 is 2.35 bits per heavy atom. The summed E-state index contributed by atoms with van der Waals surface area (Å²) in [7, 11) is 0. The fourth-order valence-electron chi connectivity index (χ4n) is 2.08. The third kappa shape index (κ3) is 3.42. The lowest BCUT2D eigenvalue weighted by Crippen LogP contribution is -2.27. The van der Waals surface area contributed by atoms with Crippen LogP contribution < -0.4 is 5.32 Å². The fraction of sp³-hybridized carbons (Fsp3) is 0.235. The van der Waals surface area contributed by atoms with E-state index in [4.69, 9.17) is 0 Å². The van der Waals surface area contributed by atoms with Gasteiger partial charge in [-0.1, -0.05) is 30.3 Å². The van der Waals surface area contributed by atoms with Crippen LogP contribution >= 0.6 is 11.8 Å². The summed E-state index contributed by atoms with van der Waals surface area (Å²) in [5.41, 5.74) is 2.85. The first-order chi connectivity index (χ1) is 9.61. The Morgan fingerprint density at radius 1 is 1.10 bits per heavy atom. The molecule has 0 saturated heterocycles. The molecule has 0 spiro atoms. The highest BCUT2D eigenvalue weighted by atomic mass is 32.2. The van der Waals surface area contributed by atoms with Crippen LogP contribution in [-0.2, 0) is 0 Å². The molecule has 0 fully saturated rings. The normalized spacial score (nSPS) is 11.9. The molecule has 2 rings (SSSR count). The summed E-state index contributed by atoms with van der Waals surface area (Å²) in [6, 6.07) is 15.9. The van der Waals surface area contributed by atoms with Crippen molar-refractivity contribution in [2.45, 2.75) is 24.8 Å². The van der Waals surface area contributed by atoms with Crippen molar-refractivity contribution >= 4 is 17.7 Å². The molecule has 2 aromatic carbocycles. The van der Waals surface area contributed by atoms with E-state index in [-0.39, 0.29) is 11.9 Å². The minimum Gasteiger partial charge on any atom is -0.346 e. The lowest BCUT2D eigenvalue weighted by Gasteiger charge is -2.15. The Bertz CT molecular complexity index is 592. The number of thioether (sulfide) groups is 1. The van der Waals surface area contributed by atoms with Gasteiger partial charge >= 0.3 is 0 Å². The molecule has 0 aromatic heterocycles. The van der Waals surface area contributed by atoms with Crippen LogP contribution in [0.3, 0.4) is 0 Å². The number of hydrogen-bond donors (Lipinski definition) is 1. The lowest BCUT2D eigenvalue weighted by atomic mass is 10.1. The van der Waals surface area contributed by atoms with Crippen LogP contribution in [0.15, 0.2) is 53.4 Å². The third-order valence-electron chi connectivity index (χ3n) is 3.35. The number of carbonyl (C=O) groups is 1. The minimum absolute atomic E-state index is 0.00184. The topological polar surface area (TPSA) is 29.1 Å². The Balaban J connectivity index is 2.09. The average Bonchev–Trinajstić information content (AvgIpc) is 2.47. The maximum absolute atomic E-state index is 12.3. The van der Waals surface area contributed by atoms with E-state index in [1.807, 2.05) is 38.1 Å². The van der Waals surface area contributed by atoms with Gasteiger partial charge in [-0.2, -0.15) is 0 Å². The van der Waals surface area contributed by atoms with Crippen molar-refractivity contribution < 1.29 is 4.79 Å². The molecule has 0 aliphatic carbocycles. The van der Waals surface area contributed by atoms with E-state index >= 15 is 0 Å². The number of carbonyl (C=O) groups excluding carboxylic acids is 1. The fourth-order valence-corrected chi connectivity index (χ4v) is 2.49. The van der Waals surface area contributed by atoms with Crippen LogP contribution in [0.4, 0.5) is 0 Å². The van der Waals surface area contributed by atoms with E-state index in [1.165, 1.54) is 4.90 Å². The van der Waals surface area contributed by atoms with Crippen molar-refractivity contribution in [2.75, 3.05) is 6.26 Å². The summed E-state index contributed by atoms with van der Waals surface area (Å²) in [6.45, 7) is 3.96. The standard InChI is InChI=1S/C17H19NOS/c1-12-6-4-5-7-16(12)17(19)18-13(2)14-8-10-15(20-3)11-9-14/h4-11,13H,1-3H3,(H,18,19)/t13-/m1/s1. The minimum atomic E-state index is -0.0236. The smallest absolute Gasteiger partial charge is 0.252 e. The van der Waals surface area contributed by atoms with Gasteiger partial charge < -0.3 is 5.32 Å². The van der Waals surface area contributed by atoms with Gasteiger partial charge in [0.2, 0.25) is 0 Å². The first-order valence-electron chi connectivity index (χ1n) is 6.62. The van der Waals surface area contributed by atoms with Gasteiger partial charge in [0.1, 0.15) is 0 Å². The molecular weight excluding hydrogens is 266 g/mol. The van der Waals surface area contributed by atoms with Crippen LogP contribution in [0.25, 0.3) is 0 Å².